The Morgan fingerprint density at radius 3 is 2.68 bits per heavy atom. The standard InChI is InChI=1S/C20H17Cl2N3O2S/c1-12-5-4-6-13(18(12)22)9-14-10-24-20(28-14)25-17(26)11-23-19(27)15-7-2-3-8-16(15)21/h2-8,10H,9,11H2,1H3,(H,23,27)(H,24,25,26). The molecule has 0 atom stereocenters. The van der Waals surface area contributed by atoms with E-state index in [1.165, 1.54) is 11.3 Å². The summed E-state index contributed by atoms with van der Waals surface area (Å²) in [6, 6.07) is 12.5. The molecular formula is C20H17Cl2N3O2S. The van der Waals surface area contributed by atoms with Gasteiger partial charge in [0, 0.05) is 22.5 Å². The summed E-state index contributed by atoms with van der Waals surface area (Å²) in [5.41, 5.74) is 2.35. The van der Waals surface area contributed by atoms with Crippen LogP contribution in [0.25, 0.3) is 0 Å². The summed E-state index contributed by atoms with van der Waals surface area (Å²) in [4.78, 5) is 29.4. The molecule has 0 fully saturated rings. The molecule has 0 saturated carbocycles. The van der Waals surface area contributed by atoms with E-state index in [1.54, 1.807) is 30.5 Å². The van der Waals surface area contributed by atoms with E-state index in [-0.39, 0.29) is 12.5 Å². The number of rotatable bonds is 6. The number of nitrogens with zero attached hydrogens (tertiary/aromatic N) is 1. The fourth-order valence-corrected chi connectivity index (χ4v) is 3.81. The number of benzene rings is 2. The fraction of sp³-hybridized carbons (Fsp3) is 0.150. The first-order chi connectivity index (χ1) is 13.4. The smallest absolute Gasteiger partial charge is 0.253 e. The third kappa shape index (κ3) is 5.10. The highest BCUT2D eigenvalue weighted by Crippen LogP contribution is 2.26. The lowest BCUT2D eigenvalue weighted by Gasteiger charge is -2.06. The molecule has 0 spiro atoms. The quantitative estimate of drug-likeness (QED) is 0.590. The molecule has 1 heterocycles. The number of halogens is 2. The van der Waals surface area contributed by atoms with Gasteiger partial charge >= 0.3 is 0 Å². The zero-order valence-electron chi connectivity index (χ0n) is 15.0. The number of aryl methyl sites for hydroxylation is 1. The molecule has 0 aliphatic carbocycles. The van der Waals surface area contributed by atoms with Crippen LogP contribution in [0.2, 0.25) is 10.0 Å². The summed E-state index contributed by atoms with van der Waals surface area (Å²) in [7, 11) is 0. The lowest BCUT2D eigenvalue weighted by atomic mass is 10.1. The van der Waals surface area contributed by atoms with Gasteiger partial charge in [0.05, 0.1) is 17.1 Å². The van der Waals surface area contributed by atoms with E-state index in [1.807, 2.05) is 25.1 Å². The number of amides is 2. The summed E-state index contributed by atoms with van der Waals surface area (Å²) in [6.07, 6.45) is 2.35. The molecule has 5 nitrogen and oxygen atoms in total. The van der Waals surface area contributed by atoms with Gasteiger partial charge in [-0.25, -0.2) is 4.98 Å². The van der Waals surface area contributed by atoms with Gasteiger partial charge in [-0.15, -0.1) is 11.3 Å². The van der Waals surface area contributed by atoms with Crippen molar-refractivity contribution in [1.29, 1.82) is 0 Å². The van der Waals surface area contributed by atoms with Gasteiger partial charge in [0.2, 0.25) is 5.91 Å². The van der Waals surface area contributed by atoms with Crippen molar-refractivity contribution < 1.29 is 9.59 Å². The molecule has 2 amide bonds. The molecule has 2 N–H and O–H groups in total. The van der Waals surface area contributed by atoms with Crippen molar-refractivity contribution in [3.8, 4) is 0 Å². The van der Waals surface area contributed by atoms with E-state index < -0.39 is 5.91 Å². The maximum absolute atomic E-state index is 12.1. The highest BCUT2D eigenvalue weighted by Gasteiger charge is 2.13. The second kappa shape index (κ2) is 9.19. The van der Waals surface area contributed by atoms with Crippen LogP contribution in [-0.4, -0.2) is 23.3 Å². The Kier molecular flexibility index (Phi) is 6.67. The SMILES string of the molecule is Cc1cccc(Cc2cnc(NC(=O)CNC(=O)c3ccccc3Cl)s2)c1Cl. The lowest BCUT2D eigenvalue weighted by Crippen LogP contribution is -2.32. The summed E-state index contributed by atoms with van der Waals surface area (Å²) in [5, 5.41) is 6.77. The highest BCUT2D eigenvalue weighted by molar-refractivity contribution is 7.15. The lowest BCUT2D eigenvalue weighted by molar-refractivity contribution is -0.115. The summed E-state index contributed by atoms with van der Waals surface area (Å²) in [6.45, 7) is 1.78. The minimum Gasteiger partial charge on any atom is -0.343 e. The van der Waals surface area contributed by atoms with Crippen LogP contribution in [0.3, 0.4) is 0 Å². The summed E-state index contributed by atoms with van der Waals surface area (Å²) in [5.74, 6) is -0.774. The van der Waals surface area contributed by atoms with Crippen molar-refractivity contribution in [3.05, 3.63) is 80.3 Å². The minimum atomic E-state index is -0.408. The van der Waals surface area contributed by atoms with Crippen LogP contribution in [-0.2, 0) is 11.2 Å². The van der Waals surface area contributed by atoms with Crippen LogP contribution in [0, 0.1) is 6.92 Å². The number of thiazole rings is 1. The van der Waals surface area contributed by atoms with Gasteiger partial charge < -0.3 is 10.6 Å². The first-order valence-electron chi connectivity index (χ1n) is 8.45. The molecule has 0 unspecified atom stereocenters. The molecule has 2 aromatic carbocycles. The van der Waals surface area contributed by atoms with Crippen molar-refractivity contribution in [3.63, 3.8) is 0 Å². The minimum absolute atomic E-state index is 0.178. The molecule has 144 valence electrons. The first-order valence-corrected chi connectivity index (χ1v) is 10.0. The number of aromatic nitrogens is 1. The maximum atomic E-state index is 12.1. The summed E-state index contributed by atoms with van der Waals surface area (Å²) < 4.78 is 0. The molecule has 0 radical (unpaired) electrons. The van der Waals surface area contributed by atoms with Crippen LogP contribution in [0.1, 0.15) is 26.4 Å². The van der Waals surface area contributed by atoms with E-state index in [0.29, 0.717) is 22.1 Å². The van der Waals surface area contributed by atoms with Gasteiger partial charge in [-0.05, 0) is 30.2 Å². The Hall–Kier alpha value is -2.41. The number of carbonyl (C=O) groups is 2. The third-order valence-electron chi connectivity index (χ3n) is 3.96. The maximum Gasteiger partial charge on any atom is 0.253 e. The number of nitrogens with one attached hydrogen (secondary N) is 2. The second-order valence-corrected chi connectivity index (χ2v) is 7.97. The van der Waals surface area contributed by atoms with Crippen molar-refractivity contribution in [2.24, 2.45) is 0 Å². The number of anilines is 1. The monoisotopic (exact) mass is 433 g/mol. The summed E-state index contributed by atoms with van der Waals surface area (Å²) >= 11 is 13.7. The average molecular weight is 434 g/mol. The molecule has 3 rings (SSSR count). The Labute approximate surface area is 176 Å². The van der Waals surface area contributed by atoms with Gasteiger partial charge in [-0.2, -0.15) is 0 Å². The van der Waals surface area contributed by atoms with E-state index in [9.17, 15) is 9.59 Å². The molecule has 0 saturated heterocycles. The molecule has 3 aromatic rings. The largest absolute Gasteiger partial charge is 0.343 e. The molecule has 0 bridgehead atoms. The number of hydrogen-bond acceptors (Lipinski definition) is 4. The van der Waals surface area contributed by atoms with Crippen LogP contribution in [0.5, 0.6) is 0 Å². The van der Waals surface area contributed by atoms with E-state index in [2.05, 4.69) is 15.6 Å². The fourth-order valence-electron chi connectivity index (χ4n) is 2.54. The molecule has 0 aliphatic heterocycles. The second-order valence-electron chi connectivity index (χ2n) is 6.07. The topological polar surface area (TPSA) is 71.1 Å². The Bertz CT molecular complexity index is 1020. The molecule has 0 aliphatic rings. The van der Waals surface area contributed by atoms with Gasteiger partial charge in [0.15, 0.2) is 5.13 Å². The number of carbonyl (C=O) groups excluding carboxylic acids is 2. The number of hydrogen-bond donors (Lipinski definition) is 2. The normalized spacial score (nSPS) is 10.5. The zero-order chi connectivity index (χ0) is 20.1. The molecule has 1 aromatic heterocycles. The van der Waals surface area contributed by atoms with Gasteiger partial charge in [0.1, 0.15) is 0 Å². The van der Waals surface area contributed by atoms with E-state index in [0.717, 1.165) is 21.0 Å². The Morgan fingerprint density at radius 1 is 1.11 bits per heavy atom. The van der Waals surface area contributed by atoms with Gasteiger partial charge in [-0.3, -0.25) is 9.59 Å². The van der Waals surface area contributed by atoms with Crippen molar-refractivity contribution in [2.75, 3.05) is 11.9 Å². The van der Waals surface area contributed by atoms with Gasteiger partial charge in [-0.1, -0.05) is 53.5 Å². The first kappa shape index (κ1) is 20.3. The highest BCUT2D eigenvalue weighted by atomic mass is 35.5. The molecular weight excluding hydrogens is 417 g/mol. The predicted molar refractivity (Wildman–Crippen MR) is 114 cm³/mol. The predicted octanol–water partition coefficient (Wildman–Crippen LogP) is 4.72. The third-order valence-corrected chi connectivity index (χ3v) is 5.75. The van der Waals surface area contributed by atoms with Crippen LogP contribution in [0.4, 0.5) is 5.13 Å². The average Bonchev–Trinajstić information content (AvgIpc) is 3.10. The van der Waals surface area contributed by atoms with Crippen LogP contribution < -0.4 is 10.6 Å². The molecule has 8 heteroatoms. The van der Waals surface area contributed by atoms with Crippen molar-refractivity contribution in [1.82, 2.24) is 10.3 Å². The van der Waals surface area contributed by atoms with E-state index >= 15 is 0 Å². The van der Waals surface area contributed by atoms with Crippen molar-refractivity contribution in [2.45, 2.75) is 13.3 Å². The van der Waals surface area contributed by atoms with E-state index in [4.69, 9.17) is 23.2 Å². The Morgan fingerprint density at radius 2 is 1.89 bits per heavy atom. The van der Waals surface area contributed by atoms with Crippen molar-refractivity contribution >= 4 is 51.5 Å². The van der Waals surface area contributed by atoms with Gasteiger partial charge in [0.25, 0.3) is 5.91 Å². The molecule has 28 heavy (non-hydrogen) atoms. The van der Waals surface area contributed by atoms with Crippen LogP contribution in [0.15, 0.2) is 48.7 Å². The Balaban J connectivity index is 1.55. The zero-order valence-corrected chi connectivity index (χ0v) is 17.3. The van der Waals surface area contributed by atoms with Crippen LogP contribution >= 0.6 is 34.5 Å².